The number of aromatic hydroxyl groups is 1. The van der Waals surface area contributed by atoms with Crippen molar-refractivity contribution in [3.8, 4) is 28.6 Å². The van der Waals surface area contributed by atoms with Crippen molar-refractivity contribution in [2.75, 3.05) is 12.8 Å². The number of methoxy groups -OCH3 is 1. The Morgan fingerprint density at radius 3 is 2.74 bits per heavy atom. The summed E-state index contributed by atoms with van der Waals surface area (Å²) < 4.78 is 10.9. The second kappa shape index (κ2) is 8.32. The van der Waals surface area contributed by atoms with Gasteiger partial charge in [0.2, 0.25) is 11.6 Å². The van der Waals surface area contributed by atoms with Crippen LogP contribution in [-0.4, -0.2) is 49.6 Å². The molecule has 0 saturated carbocycles. The van der Waals surface area contributed by atoms with Crippen LogP contribution < -0.4 is 15.9 Å². The molecular weight excluding hydrogens is 404 g/mol. The summed E-state index contributed by atoms with van der Waals surface area (Å²) in [5, 5.41) is 29.2. The van der Waals surface area contributed by atoms with Gasteiger partial charge in [0.1, 0.15) is 5.69 Å². The van der Waals surface area contributed by atoms with E-state index in [4.69, 9.17) is 10.5 Å². The number of rotatable bonds is 6. The number of carbonyl (C=O) groups excluding carboxylic acids is 1. The lowest BCUT2D eigenvalue weighted by atomic mass is 10.1. The number of aromatic nitrogens is 5. The zero-order valence-corrected chi connectivity index (χ0v) is 16.1. The summed E-state index contributed by atoms with van der Waals surface area (Å²) in [5.74, 6) is -0.383. The van der Waals surface area contributed by atoms with Crippen LogP contribution in [-0.2, 0) is 0 Å². The number of benzene rings is 2. The van der Waals surface area contributed by atoms with E-state index in [0.29, 0.717) is 16.8 Å². The number of anilines is 1. The first-order chi connectivity index (χ1) is 15.1. The van der Waals surface area contributed by atoms with E-state index in [0.717, 1.165) is 0 Å². The maximum Gasteiger partial charge on any atom is 0.294 e. The zero-order chi connectivity index (χ0) is 21.8. The molecule has 2 aromatic carbocycles. The van der Waals surface area contributed by atoms with E-state index in [1.807, 2.05) is 6.07 Å². The Balaban J connectivity index is 1.66. The molecule has 0 fully saturated rings. The predicted octanol–water partition coefficient (Wildman–Crippen LogP) is 1.38. The highest BCUT2D eigenvalue weighted by Gasteiger charge is 2.25. The molecule has 2 aromatic heterocycles. The fraction of sp³-hybridized carbons (Fsp3) is 0.0526. The highest BCUT2D eigenvalue weighted by Crippen LogP contribution is 2.28. The third kappa shape index (κ3) is 3.76. The summed E-state index contributed by atoms with van der Waals surface area (Å²) in [6.45, 7) is 0. The number of ether oxygens (including phenoxy) is 1. The monoisotopic (exact) mass is 420 g/mol. The summed E-state index contributed by atoms with van der Waals surface area (Å²) in [5.41, 5.74) is 9.42. The van der Waals surface area contributed by atoms with Crippen LogP contribution in [0.1, 0.15) is 16.1 Å². The average Bonchev–Trinajstić information content (AvgIpc) is 3.41. The Bertz CT molecular complexity index is 1250. The van der Waals surface area contributed by atoms with Crippen molar-refractivity contribution < 1.29 is 19.3 Å². The maximum absolute atomic E-state index is 12.8. The van der Waals surface area contributed by atoms with Crippen molar-refractivity contribution in [3.05, 3.63) is 59.8 Å². The van der Waals surface area contributed by atoms with Crippen molar-refractivity contribution in [1.82, 2.24) is 30.7 Å². The van der Waals surface area contributed by atoms with E-state index in [9.17, 15) is 9.90 Å². The number of phenols is 1. The number of hydrazone groups is 1. The highest BCUT2D eigenvalue weighted by molar-refractivity contribution is 5.99. The predicted molar refractivity (Wildman–Crippen MR) is 109 cm³/mol. The normalized spacial score (nSPS) is 11.0. The van der Waals surface area contributed by atoms with Gasteiger partial charge in [-0.05, 0) is 22.4 Å². The molecule has 12 heteroatoms. The largest absolute Gasteiger partial charge is 0.504 e. The fourth-order valence-corrected chi connectivity index (χ4v) is 2.80. The number of hydrogen-bond donors (Lipinski definition) is 3. The molecule has 0 aliphatic heterocycles. The standard InChI is InChI=1S/C19H16N8O4/c1-30-13-9-5-8-12(16(13)28)10-21-23-19(29)14-15(11-6-3-2-4-7-11)27(26-22-14)18-17(20)24-31-25-18/h2-10,28H,1H3,(H2,20,24)(H,23,29)/b21-10+. The Labute approximate surface area is 174 Å². The number of nitrogens with zero attached hydrogens (tertiary/aromatic N) is 6. The van der Waals surface area contributed by atoms with Gasteiger partial charge in [-0.1, -0.05) is 41.6 Å². The van der Waals surface area contributed by atoms with E-state index >= 15 is 0 Å². The number of nitrogens with one attached hydrogen (secondary N) is 1. The second-order valence-corrected chi connectivity index (χ2v) is 6.13. The third-order valence-electron chi connectivity index (χ3n) is 4.25. The van der Waals surface area contributed by atoms with Gasteiger partial charge < -0.3 is 15.6 Å². The van der Waals surface area contributed by atoms with Gasteiger partial charge in [-0.25, -0.2) is 10.1 Å². The number of phenolic OH excluding ortho intramolecular Hbond substituents is 1. The lowest BCUT2D eigenvalue weighted by molar-refractivity contribution is 0.0950. The van der Waals surface area contributed by atoms with Crippen molar-refractivity contribution in [2.45, 2.75) is 0 Å². The fourth-order valence-electron chi connectivity index (χ4n) is 2.80. The number of nitrogen functional groups attached to an aromatic ring is 1. The number of nitrogens with two attached hydrogens (primary N) is 1. The van der Waals surface area contributed by atoms with Crippen molar-refractivity contribution >= 4 is 17.9 Å². The van der Waals surface area contributed by atoms with Crippen LogP contribution >= 0.6 is 0 Å². The summed E-state index contributed by atoms with van der Waals surface area (Å²) >= 11 is 0. The molecule has 0 radical (unpaired) electrons. The molecule has 4 N–H and O–H groups in total. The molecule has 4 aromatic rings. The first-order valence-corrected chi connectivity index (χ1v) is 8.89. The number of amides is 1. The Morgan fingerprint density at radius 2 is 2.03 bits per heavy atom. The lowest BCUT2D eigenvalue weighted by Crippen LogP contribution is -2.19. The number of para-hydroxylation sites is 1. The van der Waals surface area contributed by atoms with Gasteiger partial charge in [0.15, 0.2) is 17.2 Å². The van der Waals surface area contributed by atoms with Crippen LogP contribution in [0, 0.1) is 0 Å². The molecule has 4 rings (SSSR count). The van der Waals surface area contributed by atoms with E-state index in [-0.39, 0.29) is 28.8 Å². The summed E-state index contributed by atoms with van der Waals surface area (Å²) in [6, 6.07) is 13.8. The molecule has 0 unspecified atom stereocenters. The molecular formula is C19H16N8O4. The van der Waals surface area contributed by atoms with Crippen molar-refractivity contribution in [2.24, 2.45) is 5.10 Å². The smallest absolute Gasteiger partial charge is 0.294 e. The lowest BCUT2D eigenvalue weighted by Gasteiger charge is -2.06. The molecule has 0 aliphatic rings. The van der Waals surface area contributed by atoms with Crippen molar-refractivity contribution in [1.29, 1.82) is 0 Å². The molecule has 0 spiro atoms. The summed E-state index contributed by atoms with van der Waals surface area (Å²) in [6.07, 6.45) is 1.28. The first-order valence-electron chi connectivity index (χ1n) is 8.89. The van der Waals surface area contributed by atoms with Gasteiger partial charge in [-0.2, -0.15) is 9.78 Å². The molecule has 31 heavy (non-hydrogen) atoms. The van der Waals surface area contributed by atoms with E-state index in [1.54, 1.807) is 42.5 Å². The van der Waals surface area contributed by atoms with Gasteiger partial charge >= 0.3 is 0 Å². The molecule has 12 nitrogen and oxygen atoms in total. The highest BCUT2D eigenvalue weighted by atomic mass is 16.6. The molecule has 0 atom stereocenters. The second-order valence-electron chi connectivity index (χ2n) is 6.13. The van der Waals surface area contributed by atoms with Gasteiger partial charge in [-0.15, -0.1) is 5.10 Å². The minimum Gasteiger partial charge on any atom is -0.504 e. The van der Waals surface area contributed by atoms with Crippen LogP contribution in [0.5, 0.6) is 11.5 Å². The third-order valence-corrected chi connectivity index (χ3v) is 4.25. The van der Waals surface area contributed by atoms with Crippen LogP contribution in [0.15, 0.2) is 58.3 Å². The van der Waals surface area contributed by atoms with Crippen LogP contribution in [0.25, 0.3) is 17.1 Å². The summed E-state index contributed by atoms with van der Waals surface area (Å²) in [4.78, 5) is 12.8. The zero-order valence-electron chi connectivity index (χ0n) is 16.1. The molecule has 156 valence electrons. The SMILES string of the molecule is COc1cccc(/C=N/NC(=O)c2nnn(-c3nonc3N)c2-c2ccccc2)c1O. The minimum absolute atomic E-state index is 0.0134. The van der Waals surface area contributed by atoms with Gasteiger partial charge in [0, 0.05) is 11.1 Å². The molecule has 0 saturated heterocycles. The number of carbonyl (C=O) groups is 1. The van der Waals surface area contributed by atoms with Gasteiger partial charge in [-0.3, -0.25) is 4.79 Å². The Hall–Kier alpha value is -4.74. The summed E-state index contributed by atoms with van der Waals surface area (Å²) in [7, 11) is 1.43. The minimum atomic E-state index is -0.640. The van der Waals surface area contributed by atoms with Crippen LogP contribution in [0.3, 0.4) is 0 Å². The van der Waals surface area contributed by atoms with Crippen molar-refractivity contribution in [3.63, 3.8) is 0 Å². The maximum atomic E-state index is 12.8. The number of hydrogen-bond acceptors (Lipinski definition) is 10. The van der Waals surface area contributed by atoms with Gasteiger partial charge in [0.25, 0.3) is 5.91 Å². The van der Waals surface area contributed by atoms with E-state index in [1.165, 1.54) is 18.0 Å². The average molecular weight is 420 g/mol. The topological polar surface area (TPSA) is 167 Å². The van der Waals surface area contributed by atoms with Crippen LogP contribution in [0.4, 0.5) is 5.82 Å². The van der Waals surface area contributed by atoms with E-state index < -0.39 is 5.91 Å². The van der Waals surface area contributed by atoms with E-state index in [2.05, 4.69) is 35.8 Å². The molecule has 0 aliphatic carbocycles. The molecule has 2 heterocycles. The first kappa shape index (κ1) is 19.6. The Kier molecular flexibility index (Phi) is 5.26. The van der Waals surface area contributed by atoms with Gasteiger partial charge in [0.05, 0.1) is 13.3 Å². The molecule has 0 bridgehead atoms. The van der Waals surface area contributed by atoms with Crippen LogP contribution in [0.2, 0.25) is 0 Å². The molecule has 1 amide bonds. The quantitative estimate of drug-likeness (QED) is 0.308. The Morgan fingerprint density at radius 1 is 1.23 bits per heavy atom.